The van der Waals surface area contributed by atoms with Gasteiger partial charge in [-0.15, -0.1) is 5.10 Å². The maximum Gasteiger partial charge on any atom is 0.194 e. The quantitative estimate of drug-likeness (QED) is 0.704. The fourth-order valence-electron chi connectivity index (χ4n) is 1.75. The summed E-state index contributed by atoms with van der Waals surface area (Å²) in [6, 6.07) is 11.1. The van der Waals surface area contributed by atoms with Gasteiger partial charge in [0.05, 0.1) is 12.0 Å². The Morgan fingerprint density at radius 2 is 2.00 bits per heavy atom. The van der Waals surface area contributed by atoms with Gasteiger partial charge in [-0.05, 0) is 36.4 Å². The summed E-state index contributed by atoms with van der Waals surface area (Å²) in [5, 5.41) is 16.7. The molecular formula is C13H7FN4O. The average molecular weight is 254 g/mol. The van der Waals surface area contributed by atoms with Crippen molar-refractivity contribution in [1.82, 2.24) is 15.0 Å². The Balaban J connectivity index is 2.20. The molecule has 0 spiro atoms. The van der Waals surface area contributed by atoms with Crippen molar-refractivity contribution in [1.29, 1.82) is 5.26 Å². The molecule has 0 aliphatic rings. The normalized spacial score (nSPS) is 10.3. The van der Waals surface area contributed by atoms with Crippen LogP contribution in [0.25, 0.3) is 17.1 Å². The average Bonchev–Trinajstić information content (AvgIpc) is 3.07. The van der Waals surface area contributed by atoms with Gasteiger partial charge in [-0.1, -0.05) is 5.21 Å². The van der Waals surface area contributed by atoms with Crippen molar-refractivity contribution in [2.24, 2.45) is 0 Å². The van der Waals surface area contributed by atoms with Crippen LogP contribution < -0.4 is 0 Å². The maximum absolute atomic E-state index is 12.9. The molecular weight excluding hydrogens is 247 g/mol. The van der Waals surface area contributed by atoms with E-state index in [1.54, 1.807) is 24.3 Å². The first-order valence-corrected chi connectivity index (χ1v) is 5.45. The number of hydrogen-bond donors (Lipinski definition) is 0. The zero-order valence-corrected chi connectivity index (χ0v) is 9.62. The molecule has 0 aliphatic carbocycles. The number of hydrogen-bond acceptors (Lipinski definition) is 4. The molecule has 19 heavy (non-hydrogen) atoms. The zero-order chi connectivity index (χ0) is 13.2. The minimum Gasteiger partial charge on any atom is -0.463 e. The van der Waals surface area contributed by atoms with Gasteiger partial charge < -0.3 is 4.42 Å². The topological polar surface area (TPSA) is 67.6 Å². The number of rotatable bonds is 2. The third-order valence-electron chi connectivity index (χ3n) is 2.60. The van der Waals surface area contributed by atoms with Crippen molar-refractivity contribution in [3.63, 3.8) is 0 Å². The Bertz CT molecular complexity index is 738. The summed E-state index contributed by atoms with van der Waals surface area (Å²) in [6.07, 6.45) is 1.50. The molecule has 0 bridgehead atoms. The number of furan rings is 1. The SMILES string of the molecule is N#Cc1nnn(-c2ccc(F)cc2)c1-c1ccco1. The van der Waals surface area contributed by atoms with Crippen LogP contribution in [0.2, 0.25) is 0 Å². The summed E-state index contributed by atoms with van der Waals surface area (Å²) in [4.78, 5) is 0. The Hall–Kier alpha value is -2.94. The Labute approximate surface area is 107 Å². The van der Waals surface area contributed by atoms with Gasteiger partial charge in [-0.25, -0.2) is 9.07 Å². The monoisotopic (exact) mass is 254 g/mol. The fraction of sp³-hybridized carbons (Fsp3) is 0. The molecule has 0 saturated heterocycles. The predicted molar refractivity (Wildman–Crippen MR) is 63.7 cm³/mol. The van der Waals surface area contributed by atoms with E-state index in [2.05, 4.69) is 10.3 Å². The van der Waals surface area contributed by atoms with E-state index < -0.39 is 0 Å². The van der Waals surface area contributed by atoms with Gasteiger partial charge in [0.25, 0.3) is 0 Å². The molecule has 0 aliphatic heterocycles. The molecule has 0 radical (unpaired) electrons. The van der Waals surface area contributed by atoms with E-state index in [-0.39, 0.29) is 11.5 Å². The third kappa shape index (κ3) is 1.87. The van der Waals surface area contributed by atoms with E-state index in [4.69, 9.17) is 9.68 Å². The summed E-state index contributed by atoms with van der Waals surface area (Å²) >= 11 is 0. The number of halogens is 1. The number of aromatic nitrogens is 3. The van der Waals surface area contributed by atoms with Crippen LogP contribution in [0.15, 0.2) is 47.1 Å². The second-order valence-electron chi connectivity index (χ2n) is 3.76. The molecule has 3 aromatic rings. The molecule has 2 heterocycles. The minimum absolute atomic E-state index is 0.152. The van der Waals surface area contributed by atoms with Crippen LogP contribution in [0, 0.1) is 17.1 Å². The minimum atomic E-state index is -0.344. The lowest BCUT2D eigenvalue weighted by Crippen LogP contribution is -1.99. The smallest absolute Gasteiger partial charge is 0.194 e. The van der Waals surface area contributed by atoms with Crippen LogP contribution in [0.4, 0.5) is 4.39 Å². The lowest BCUT2D eigenvalue weighted by molar-refractivity contribution is 0.576. The lowest BCUT2D eigenvalue weighted by Gasteiger charge is -2.03. The molecule has 0 amide bonds. The first kappa shape index (κ1) is 11.2. The van der Waals surface area contributed by atoms with Crippen LogP contribution in [0.3, 0.4) is 0 Å². The molecule has 0 fully saturated rings. The first-order chi connectivity index (χ1) is 9.29. The van der Waals surface area contributed by atoms with Crippen LogP contribution in [0.5, 0.6) is 0 Å². The summed E-state index contributed by atoms with van der Waals surface area (Å²) in [5.41, 5.74) is 1.19. The summed E-state index contributed by atoms with van der Waals surface area (Å²) in [7, 11) is 0. The Morgan fingerprint density at radius 3 is 2.63 bits per heavy atom. The molecule has 3 rings (SSSR count). The highest BCUT2D eigenvalue weighted by Gasteiger charge is 2.18. The molecule has 6 heteroatoms. The van der Waals surface area contributed by atoms with Crippen LogP contribution in [0.1, 0.15) is 5.69 Å². The van der Waals surface area contributed by atoms with E-state index in [1.807, 2.05) is 6.07 Å². The molecule has 0 atom stereocenters. The van der Waals surface area contributed by atoms with E-state index in [0.29, 0.717) is 17.1 Å². The van der Waals surface area contributed by atoms with Crippen molar-refractivity contribution >= 4 is 0 Å². The van der Waals surface area contributed by atoms with E-state index in [1.165, 1.54) is 23.1 Å². The van der Waals surface area contributed by atoms with Crippen molar-refractivity contribution in [2.45, 2.75) is 0 Å². The summed E-state index contributed by atoms with van der Waals surface area (Å²) in [5.74, 6) is 0.134. The van der Waals surface area contributed by atoms with Crippen LogP contribution in [-0.2, 0) is 0 Å². The Kier molecular flexibility index (Phi) is 2.58. The van der Waals surface area contributed by atoms with Crippen molar-refractivity contribution in [3.8, 4) is 23.2 Å². The molecule has 0 saturated carbocycles. The molecule has 2 aromatic heterocycles. The second kappa shape index (κ2) is 4.38. The number of nitriles is 1. The van der Waals surface area contributed by atoms with E-state index in [0.717, 1.165) is 0 Å². The molecule has 1 aromatic carbocycles. The van der Waals surface area contributed by atoms with E-state index in [9.17, 15) is 4.39 Å². The third-order valence-corrected chi connectivity index (χ3v) is 2.60. The van der Waals surface area contributed by atoms with Gasteiger partial charge in [0.15, 0.2) is 11.5 Å². The summed E-state index contributed by atoms with van der Waals surface area (Å²) in [6.45, 7) is 0. The van der Waals surface area contributed by atoms with Gasteiger partial charge >= 0.3 is 0 Å². The molecule has 92 valence electrons. The highest BCUT2D eigenvalue weighted by Crippen LogP contribution is 2.25. The standard InChI is InChI=1S/C13H7FN4O/c14-9-3-5-10(6-4-9)18-13(11(8-15)16-17-18)12-2-1-7-19-12/h1-7H. The largest absolute Gasteiger partial charge is 0.463 e. The second-order valence-corrected chi connectivity index (χ2v) is 3.76. The summed E-state index contributed by atoms with van der Waals surface area (Å²) < 4.78 is 19.7. The van der Waals surface area contributed by atoms with Crippen LogP contribution >= 0.6 is 0 Å². The van der Waals surface area contributed by atoms with Gasteiger partial charge in [0, 0.05) is 0 Å². The highest BCUT2D eigenvalue weighted by molar-refractivity contribution is 5.61. The zero-order valence-electron chi connectivity index (χ0n) is 9.62. The van der Waals surface area contributed by atoms with Crippen molar-refractivity contribution in [2.75, 3.05) is 0 Å². The molecule has 0 N–H and O–H groups in total. The van der Waals surface area contributed by atoms with Gasteiger partial charge in [0.1, 0.15) is 17.6 Å². The fourth-order valence-corrected chi connectivity index (χ4v) is 1.75. The molecule has 0 unspecified atom stereocenters. The van der Waals surface area contributed by atoms with Crippen LogP contribution in [-0.4, -0.2) is 15.0 Å². The predicted octanol–water partition coefficient (Wildman–Crippen LogP) is 2.54. The maximum atomic E-state index is 12.9. The molecule has 5 nitrogen and oxygen atoms in total. The van der Waals surface area contributed by atoms with Crippen molar-refractivity contribution < 1.29 is 8.81 Å². The van der Waals surface area contributed by atoms with Gasteiger partial charge in [0.2, 0.25) is 0 Å². The lowest BCUT2D eigenvalue weighted by atomic mass is 10.2. The first-order valence-electron chi connectivity index (χ1n) is 5.45. The number of benzene rings is 1. The van der Waals surface area contributed by atoms with Gasteiger partial charge in [-0.2, -0.15) is 5.26 Å². The van der Waals surface area contributed by atoms with Crippen molar-refractivity contribution in [3.05, 3.63) is 54.2 Å². The van der Waals surface area contributed by atoms with Gasteiger partial charge in [-0.3, -0.25) is 0 Å². The highest BCUT2D eigenvalue weighted by atomic mass is 19.1. The Morgan fingerprint density at radius 1 is 1.21 bits per heavy atom. The van der Waals surface area contributed by atoms with E-state index >= 15 is 0 Å². The number of nitrogens with zero attached hydrogens (tertiary/aromatic N) is 4.